The van der Waals surface area contributed by atoms with Crippen molar-refractivity contribution in [3.8, 4) is 5.69 Å². The second-order valence-electron chi connectivity index (χ2n) is 6.37. The zero-order valence-electron chi connectivity index (χ0n) is 15.6. The maximum Gasteiger partial charge on any atom is 0.257 e. The molecule has 0 radical (unpaired) electrons. The smallest absolute Gasteiger partial charge is 0.257 e. The molecule has 0 aliphatic heterocycles. The summed E-state index contributed by atoms with van der Waals surface area (Å²) >= 11 is 0. The third-order valence-corrected chi connectivity index (χ3v) is 4.29. The molecule has 30 heavy (non-hydrogen) atoms. The molecule has 0 fully saturated rings. The fourth-order valence-corrected chi connectivity index (χ4v) is 2.84. The molecule has 2 heterocycles. The van der Waals surface area contributed by atoms with Gasteiger partial charge >= 0.3 is 0 Å². The second-order valence-corrected chi connectivity index (χ2v) is 6.37. The highest BCUT2D eigenvalue weighted by atomic mass is 19.1. The number of hydrogen-bond acceptors (Lipinski definition) is 4. The molecule has 0 spiro atoms. The number of pyridine rings is 1. The number of carbonyl (C=O) groups is 2. The van der Waals surface area contributed by atoms with Gasteiger partial charge in [0.1, 0.15) is 5.82 Å². The van der Waals surface area contributed by atoms with Gasteiger partial charge in [0.05, 0.1) is 17.6 Å². The molecular formula is C22H16FN5O2. The summed E-state index contributed by atoms with van der Waals surface area (Å²) in [6.45, 7) is 0. The van der Waals surface area contributed by atoms with Gasteiger partial charge in [-0.15, -0.1) is 0 Å². The summed E-state index contributed by atoms with van der Waals surface area (Å²) in [5.74, 6) is -1.26. The Morgan fingerprint density at radius 1 is 0.833 bits per heavy atom. The van der Waals surface area contributed by atoms with Crippen molar-refractivity contribution in [3.05, 3.63) is 103 Å². The van der Waals surface area contributed by atoms with Crippen molar-refractivity contribution < 1.29 is 14.0 Å². The number of rotatable bonds is 5. The summed E-state index contributed by atoms with van der Waals surface area (Å²) in [4.78, 5) is 32.6. The largest absolute Gasteiger partial charge is 0.322 e. The van der Waals surface area contributed by atoms with E-state index < -0.39 is 11.7 Å². The number of carbonyl (C=O) groups excluding carboxylic acids is 2. The highest BCUT2D eigenvalue weighted by molar-refractivity contribution is 6.07. The average molecular weight is 401 g/mol. The van der Waals surface area contributed by atoms with Crippen LogP contribution in [-0.2, 0) is 0 Å². The fraction of sp³-hybridized carbons (Fsp3) is 0. The minimum absolute atomic E-state index is 0.311. The molecule has 2 aromatic heterocycles. The summed E-state index contributed by atoms with van der Waals surface area (Å²) in [6.07, 6.45) is 7.69. The molecule has 0 bridgehead atoms. The van der Waals surface area contributed by atoms with Crippen LogP contribution in [0.1, 0.15) is 20.7 Å². The topological polar surface area (TPSA) is 88.9 Å². The van der Waals surface area contributed by atoms with Gasteiger partial charge in [-0.3, -0.25) is 14.6 Å². The monoisotopic (exact) mass is 401 g/mol. The lowest BCUT2D eigenvalue weighted by Crippen LogP contribution is -2.15. The zero-order chi connectivity index (χ0) is 20.9. The van der Waals surface area contributed by atoms with Crippen LogP contribution in [-0.4, -0.2) is 26.3 Å². The van der Waals surface area contributed by atoms with Crippen LogP contribution in [0.3, 0.4) is 0 Å². The lowest BCUT2D eigenvalue weighted by Gasteiger charge is -2.10. The molecule has 0 unspecified atom stereocenters. The lowest BCUT2D eigenvalue weighted by molar-refractivity contribution is 0.101. The van der Waals surface area contributed by atoms with E-state index in [4.69, 9.17) is 0 Å². The van der Waals surface area contributed by atoms with Crippen LogP contribution in [0.5, 0.6) is 0 Å². The van der Waals surface area contributed by atoms with Gasteiger partial charge in [0.2, 0.25) is 0 Å². The quantitative estimate of drug-likeness (QED) is 0.531. The Balaban J connectivity index is 1.47. The molecule has 2 amide bonds. The van der Waals surface area contributed by atoms with Gasteiger partial charge in [0.15, 0.2) is 0 Å². The van der Waals surface area contributed by atoms with Crippen LogP contribution in [0.4, 0.5) is 15.8 Å². The van der Waals surface area contributed by atoms with Crippen LogP contribution < -0.4 is 10.6 Å². The molecular weight excluding hydrogens is 385 g/mol. The Hall–Kier alpha value is -4.33. The van der Waals surface area contributed by atoms with E-state index >= 15 is 0 Å². The number of nitrogens with one attached hydrogen (secondary N) is 2. The van der Waals surface area contributed by atoms with Crippen LogP contribution in [0.2, 0.25) is 0 Å². The molecule has 4 rings (SSSR count). The molecule has 0 aliphatic carbocycles. The summed E-state index contributed by atoms with van der Waals surface area (Å²) in [6, 6.07) is 14.2. The van der Waals surface area contributed by atoms with Crippen LogP contribution in [0.25, 0.3) is 5.69 Å². The Kier molecular flexibility index (Phi) is 5.29. The number of anilines is 2. The molecule has 0 saturated heterocycles. The Morgan fingerprint density at radius 3 is 2.30 bits per heavy atom. The number of amides is 2. The Morgan fingerprint density at radius 2 is 1.60 bits per heavy atom. The molecule has 0 aliphatic rings. The van der Waals surface area contributed by atoms with Crippen molar-refractivity contribution in [1.82, 2.24) is 14.5 Å². The van der Waals surface area contributed by atoms with E-state index in [-0.39, 0.29) is 5.91 Å². The van der Waals surface area contributed by atoms with Crippen LogP contribution >= 0.6 is 0 Å². The van der Waals surface area contributed by atoms with Crippen LogP contribution in [0.15, 0.2) is 85.7 Å². The van der Waals surface area contributed by atoms with E-state index in [1.165, 1.54) is 23.2 Å². The van der Waals surface area contributed by atoms with E-state index in [0.717, 1.165) is 0 Å². The number of aromatic nitrogens is 3. The van der Waals surface area contributed by atoms with Gasteiger partial charge in [-0.25, -0.2) is 9.37 Å². The van der Waals surface area contributed by atoms with Gasteiger partial charge in [-0.2, -0.15) is 0 Å². The van der Waals surface area contributed by atoms with E-state index in [2.05, 4.69) is 20.6 Å². The molecule has 148 valence electrons. The summed E-state index contributed by atoms with van der Waals surface area (Å²) in [5.41, 5.74) is 1.81. The molecule has 2 aromatic carbocycles. The second kappa shape index (κ2) is 8.36. The van der Waals surface area contributed by atoms with Crippen molar-refractivity contribution in [2.75, 3.05) is 10.6 Å². The highest BCUT2D eigenvalue weighted by Crippen LogP contribution is 2.19. The summed E-state index contributed by atoms with van der Waals surface area (Å²) in [7, 11) is 0. The molecule has 8 heteroatoms. The third-order valence-electron chi connectivity index (χ3n) is 4.29. The normalized spacial score (nSPS) is 10.4. The van der Waals surface area contributed by atoms with E-state index in [1.807, 2.05) is 0 Å². The number of hydrogen-bond donors (Lipinski definition) is 2. The molecule has 7 nitrogen and oxygen atoms in total. The number of imidazole rings is 1. The minimum atomic E-state index is -0.497. The average Bonchev–Trinajstić information content (AvgIpc) is 3.29. The molecule has 2 N–H and O–H groups in total. The van der Waals surface area contributed by atoms with Crippen molar-refractivity contribution in [2.45, 2.75) is 0 Å². The number of nitrogens with zero attached hydrogens (tertiary/aromatic N) is 3. The third kappa shape index (κ3) is 4.22. The van der Waals surface area contributed by atoms with Crippen molar-refractivity contribution in [1.29, 1.82) is 0 Å². The lowest BCUT2D eigenvalue weighted by atomic mass is 10.1. The number of benzene rings is 2. The number of halogens is 1. The van der Waals surface area contributed by atoms with Gasteiger partial charge in [0.25, 0.3) is 11.8 Å². The van der Waals surface area contributed by atoms with Gasteiger partial charge in [0, 0.05) is 41.7 Å². The van der Waals surface area contributed by atoms with E-state index in [0.29, 0.717) is 28.2 Å². The first-order chi connectivity index (χ1) is 14.6. The standard InChI is InChI=1S/C22H16FN5O2/c23-19-12-18(6-7-20(19)28-10-9-25-14-28)27-21(29)15-3-1-5-17(11-15)26-22(30)16-4-2-8-24-13-16/h1-14H,(H,26,30)(H,27,29). The Labute approximate surface area is 171 Å². The van der Waals surface area contributed by atoms with Crippen molar-refractivity contribution >= 4 is 23.2 Å². The van der Waals surface area contributed by atoms with E-state index in [1.54, 1.807) is 67.1 Å². The maximum atomic E-state index is 14.4. The molecule has 0 atom stereocenters. The summed E-state index contributed by atoms with van der Waals surface area (Å²) in [5, 5.41) is 5.38. The minimum Gasteiger partial charge on any atom is -0.322 e. The van der Waals surface area contributed by atoms with Crippen LogP contribution in [0, 0.1) is 5.82 Å². The van der Waals surface area contributed by atoms with Gasteiger partial charge in [-0.05, 0) is 48.5 Å². The first kappa shape index (κ1) is 19.0. The predicted molar refractivity (Wildman–Crippen MR) is 110 cm³/mol. The SMILES string of the molecule is O=C(Nc1cccc(C(=O)Nc2ccc(-n3ccnc3)c(F)c2)c1)c1cccnc1. The first-order valence-electron chi connectivity index (χ1n) is 9.01. The predicted octanol–water partition coefficient (Wildman–Crippen LogP) is 3.91. The van der Waals surface area contributed by atoms with Crippen molar-refractivity contribution in [2.24, 2.45) is 0 Å². The fourth-order valence-electron chi connectivity index (χ4n) is 2.84. The molecule has 4 aromatic rings. The highest BCUT2D eigenvalue weighted by Gasteiger charge is 2.11. The zero-order valence-corrected chi connectivity index (χ0v) is 15.6. The van der Waals surface area contributed by atoms with Crippen molar-refractivity contribution in [3.63, 3.8) is 0 Å². The van der Waals surface area contributed by atoms with E-state index in [9.17, 15) is 14.0 Å². The molecule has 0 saturated carbocycles. The Bertz CT molecular complexity index is 1190. The maximum absolute atomic E-state index is 14.4. The van der Waals surface area contributed by atoms with Gasteiger partial charge in [-0.1, -0.05) is 6.07 Å². The van der Waals surface area contributed by atoms with Gasteiger partial charge < -0.3 is 15.2 Å². The first-order valence-corrected chi connectivity index (χ1v) is 9.01. The summed E-state index contributed by atoms with van der Waals surface area (Å²) < 4.78 is 15.9.